The third kappa shape index (κ3) is 3.98. The Morgan fingerprint density at radius 1 is 1.23 bits per heavy atom. The fourth-order valence-corrected chi connectivity index (χ4v) is 2.12. The molecule has 0 bridgehead atoms. The lowest BCUT2D eigenvalue weighted by atomic mass is 9.77. The van der Waals surface area contributed by atoms with E-state index in [2.05, 4.69) is 15.2 Å². The Morgan fingerprint density at radius 3 is 2.36 bits per heavy atom. The highest BCUT2D eigenvalue weighted by Crippen LogP contribution is 2.25. The Balaban J connectivity index is 2.03. The number of rotatable bonds is 5. The number of aromatic nitrogens is 1. The van der Waals surface area contributed by atoms with Crippen molar-refractivity contribution in [3.63, 3.8) is 0 Å². The SMILES string of the molecule is CC(C)(O)C(C)(C)OB(O)c1ccc(N2CCNCC2)nc1. The van der Waals surface area contributed by atoms with E-state index in [0.29, 0.717) is 5.46 Å². The van der Waals surface area contributed by atoms with Crippen LogP contribution in [-0.2, 0) is 4.65 Å². The van der Waals surface area contributed by atoms with Gasteiger partial charge in [-0.15, -0.1) is 0 Å². The minimum Gasteiger partial charge on any atom is -0.423 e. The van der Waals surface area contributed by atoms with Gasteiger partial charge in [0.25, 0.3) is 0 Å². The number of nitrogens with zero attached hydrogens (tertiary/aromatic N) is 2. The Kier molecular flexibility index (Phi) is 5.12. The molecule has 1 aromatic rings. The summed E-state index contributed by atoms with van der Waals surface area (Å²) >= 11 is 0. The zero-order valence-electron chi connectivity index (χ0n) is 13.8. The molecular formula is C15H26BN3O3. The minimum atomic E-state index is -1.12. The van der Waals surface area contributed by atoms with E-state index in [4.69, 9.17) is 4.65 Å². The number of pyridine rings is 1. The first-order valence-electron chi connectivity index (χ1n) is 7.70. The minimum absolute atomic E-state index is 0.580. The molecule has 0 radical (unpaired) electrons. The van der Waals surface area contributed by atoms with Crippen molar-refractivity contribution in [2.45, 2.75) is 38.9 Å². The van der Waals surface area contributed by atoms with Gasteiger partial charge in [-0.1, -0.05) is 6.07 Å². The molecule has 0 spiro atoms. The van der Waals surface area contributed by atoms with Crippen molar-refractivity contribution in [2.24, 2.45) is 0 Å². The molecule has 1 aliphatic heterocycles. The summed E-state index contributed by atoms with van der Waals surface area (Å²) in [4.78, 5) is 6.61. The van der Waals surface area contributed by atoms with Crippen LogP contribution in [-0.4, -0.2) is 59.6 Å². The van der Waals surface area contributed by atoms with E-state index in [1.54, 1.807) is 33.9 Å². The maximum Gasteiger partial charge on any atom is 0.493 e. The second-order valence-electron chi connectivity index (χ2n) is 6.73. The number of anilines is 1. The predicted octanol–water partition coefficient (Wildman–Crippen LogP) is -0.255. The van der Waals surface area contributed by atoms with Gasteiger partial charge in [0.15, 0.2) is 0 Å². The smallest absolute Gasteiger partial charge is 0.423 e. The zero-order chi connectivity index (χ0) is 16.4. The van der Waals surface area contributed by atoms with Gasteiger partial charge in [-0.3, -0.25) is 0 Å². The van der Waals surface area contributed by atoms with Crippen molar-refractivity contribution in [1.82, 2.24) is 10.3 Å². The lowest BCUT2D eigenvalue weighted by molar-refractivity contribution is -0.0982. The van der Waals surface area contributed by atoms with Crippen LogP contribution in [0.15, 0.2) is 18.3 Å². The van der Waals surface area contributed by atoms with Crippen LogP contribution in [0.1, 0.15) is 27.7 Å². The number of aliphatic hydroxyl groups is 1. The molecule has 0 aromatic carbocycles. The van der Waals surface area contributed by atoms with Crippen molar-refractivity contribution < 1.29 is 14.8 Å². The fourth-order valence-electron chi connectivity index (χ4n) is 2.12. The molecule has 0 unspecified atom stereocenters. The van der Waals surface area contributed by atoms with E-state index in [0.717, 1.165) is 32.0 Å². The van der Waals surface area contributed by atoms with Crippen LogP contribution >= 0.6 is 0 Å². The maximum absolute atomic E-state index is 10.2. The quantitative estimate of drug-likeness (QED) is 0.651. The predicted molar refractivity (Wildman–Crippen MR) is 88.4 cm³/mol. The highest BCUT2D eigenvalue weighted by Gasteiger charge is 2.39. The van der Waals surface area contributed by atoms with Gasteiger partial charge in [0.05, 0.1) is 11.2 Å². The molecule has 0 aliphatic carbocycles. The molecule has 2 rings (SSSR count). The second kappa shape index (κ2) is 6.54. The third-order valence-electron chi connectivity index (χ3n) is 4.38. The summed E-state index contributed by atoms with van der Waals surface area (Å²) in [5.41, 5.74) is -1.37. The Labute approximate surface area is 132 Å². The average molecular weight is 307 g/mol. The van der Waals surface area contributed by atoms with E-state index >= 15 is 0 Å². The molecule has 6 nitrogen and oxygen atoms in total. The van der Waals surface area contributed by atoms with Gasteiger partial charge in [0, 0.05) is 37.8 Å². The number of piperazine rings is 1. The van der Waals surface area contributed by atoms with Crippen LogP contribution in [0.2, 0.25) is 0 Å². The third-order valence-corrected chi connectivity index (χ3v) is 4.38. The van der Waals surface area contributed by atoms with Gasteiger partial charge in [-0.2, -0.15) is 0 Å². The summed E-state index contributed by atoms with van der Waals surface area (Å²) in [7, 11) is -1.12. The highest BCUT2D eigenvalue weighted by molar-refractivity contribution is 6.60. The van der Waals surface area contributed by atoms with Crippen LogP contribution in [0, 0.1) is 0 Å². The molecule has 1 fully saturated rings. The zero-order valence-corrected chi connectivity index (χ0v) is 13.8. The standard InChI is InChI=1S/C15H26BN3O3/c1-14(2,20)15(3,4)22-16(21)12-5-6-13(18-11-12)19-9-7-17-8-10-19/h5-6,11,17,20-21H,7-10H2,1-4H3. The molecule has 0 amide bonds. The normalized spacial score (nSPS) is 16.7. The molecule has 0 saturated carbocycles. The molecule has 1 aliphatic rings. The summed E-state index contributed by atoms with van der Waals surface area (Å²) < 4.78 is 5.62. The van der Waals surface area contributed by atoms with E-state index in [1.165, 1.54) is 0 Å². The molecule has 3 N–H and O–H groups in total. The summed E-state index contributed by atoms with van der Waals surface area (Å²) in [6.45, 7) is 10.6. The largest absolute Gasteiger partial charge is 0.493 e. The second-order valence-corrected chi connectivity index (χ2v) is 6.73. The molecule has 1 aromatic heterocycles. The molecular weight excluding hydrogens is 281 g/mol. The number of hydrogen-bond acceptors (Lipinski definition) is 6. The first-order chi connectivity index (χ1) is 10.2. The van der Waals surface area contributed by atoms with E-state index in [-0.39, 0.29) is 0 Å². The number of nitrogens with one attached hydrogen (secondary N) is 1. The van der Waals surface area contributed by atoms with Crippen LogP contribution in [0.5, 0.6) is 0 Å². The van der Waals surface area contributed by atoms with E-state index < -0.39 is 18.3 Å². The summed E-state index contributed by atoms with van der Waals surface area (Å²) in [5.74, 6) is 0.902. The Morgan fingerprint density at radius 2 is 1.86 bits per heavy atom. The lowest BCUT2D eigenvalue weighted by Crippen LogP contribution is -2.53. The Hall–Kier alpha value is -1.15. The van der Waals surface area contributed by atoms with Crippen molar-refractivity contribution in [2.75, 3.05) is 31.1 Å². The Bertz CT molecular complexity index is 482. The van der Waals surface area contributed by atoms with Gasteiger partial charge in [0.2, 0.25) is 0 Å². The van der Waals surface area contributed by atoms with Gasteiger partial charge in [0.1, 0.15) is 5.82 Å². The molecule has 2 heterocycles. The summed E-state index contributed by atoms with van der Waals surface area (Å²) in [5, 5.41) is 23.6. The van der Waals surface area contributed by atoms with Crippen LogP contribution < -0.4 is 15.7 Å². The topological polar surface area (TPSA) is 77.8 Å². The molecule has 7 heteroatoms. The first-order valence-corrected chi connectivity index (χ1v) is 7.70. The lowest BCUT2D eigenvalue weighted by Gasteiger charge is -2.38. The molecule has 122 valence electrons. The highest BCUT2D eigenvalue weighted by atomic mass is 16.5. The molecule has 0 atom stereocenters. The van der Waals surface area contributed by atoms with Crippen molar-refractivity contribution in [3.05, 3.63) is 18.3 Å². The van der Waals surface area contributed by atoms with Crippen LogP contribution in [0.25, 0.3) is 0 Å². The fraction of sp³-hybridized carbons (Fsp3) is 0.667. The molecule has 22 heavy (non-hydrogen) atoms. The van der Waals surface area contributed by atoms with Gasteiger partial charge < -0.3 is 25.0 Å². The van der Waals surface area contributed by atoms with Crippen LogP contribution in [0.4, 0.5) is 5.82 Å². The van der Waals surface area contributed by atoms with E-state index in [9.17, 15) is 10.1 Å². The summed E-state index contributed by atoms with van der Waals surface area (Å²) in [6.07, 6.45) is 1.63. The van der Waals surface area contributed by atoms with Gasteiger partial charge >= 0.3 is 7.12 Å². The van der Waals surface area contributed by atoms with Crippen LogP contribution in [0.3, 0.4) is 0 Å². The monoisotopic (exact) mass is 307 g/mol. The van der Waals surface area contributed by atoms with E-state index in [1.807, 2.05) is 12.1 Å². The summed E-state index contributed by atoms with van der Waals surface area (Å²) in [6, 6.07) is 3.71. The first kappa shape index (κ1) is 17.2. The number of hydrogen-bond donors (Lipinski definition) is 3. The van der Waals surface area contributed by atoms with Crippen molar-refractivity contribution in [1.29, 1.82) is 0 Å². The van der Waals surface area contributed by atoms with Gasteiger partial charge in [-0.05, 0) is 33.8 Å². The molecule has 1 saturated heterocycles. The van der Waals surface area contributed by atoms with Gasteiger partial charge in [-0.25, -0.2) is 4.98 Å². The maximum atomic E-state index is 10.2. The van der Waals surface area contributed by atoms with Crippen molar-refractivity contribution in [3.8, 4) is 0 Å². The average Bonchev–Trinajstić information content (AvgIpc) is 2.47. The van der Waals surface area contributed by atoms with Crippen molar-refractivity contribution >= 4 is 18.4 Å².